The van der Waals surface area contributed by atoms with Gasteiger partial charge in [0.25, 0.3) is 0 Å². The number of nitrogens with one attached hydrogen (secondary N) is 1. The Kier molecular flexibility index (Phi) is 6.44. The van der Waals surface area contributed by atoms with E-state index in [4.69, 9.17) is 4.74 Å². The molecule has 0 saturated carbocycles. The fourth-order valence-corrected chi connectivity index (χ4v) is 1.81. The zero-order valence-corrected chi connectivity index (χ0v) is 11.5. The Labute approximate surface area is 110 Å². The summed E-state index contributed by atoms with van der Waals surface area (Å²) >= 11 is 0. The van der Waals surface area contributed by atoms with Gasteiger partial charge in [0.2, 0.25) is 0 Å². The molecule has 0 aliphatic heterocycles. The third-order valence-electron chi connectivity index (χ3n) is 2.67. The van der Waals surface area contributed by atoms with Crippen LogP contribution in [0.25, 0.3) is 0 Å². The Hall–Kier alpha value is -1.35. The van der Waals surface area contributed by atoms with Crippen LogP contribution in [0, 0.1) is 5.92 Å². The van der Waals surface area contributed by atoms with Crippen molar-refractivity contribution in [2.45, 2.75) is 39.8 Å². The van der Waals surface area contributed by atoms with Crippen LogP contribution in [-0.2, 0) is 16.1 Å². The van der Waals surface area contributed by atoms with E-state index in [1.165, 1.54) is 0 Å². The second kappa shape index (κ2) is 7.88. The molecule has 0 aliphatic rings. The number of benzene rings is 1. The minimum Gasteiger partial charge on any atom is -0.460 e. The lowest BCUT2D eigenvalue weighted by atomic mass is 10.0. The molecule has 100 valence electrons. The maximum atomic E-state index is 12.0. The summed E-state index contributed by atoms with van der Waals surface area (Å²) in [5, 5.41) is 3.18. The van der Waals surface area contributed by atoms with E-state index in [0.29, 0.717) is 12.5 Å². The van der Waals surface area contributed by atoms with E-state index >= 15 is 0 Å². The monoisotopic (exact) mass is 249 g/mol. The minimum atomic E-state index is -0.196. The van der Waals surface area contributed by atoms with E-state index in [-0.39, 0.29) is 12.0 Å². The molecule has 0 radical (unpaired) electrons. The first-order chi connectivity index (χ1) is 8.63. The van der Waals surface area contributed by atoms with Crippen LogP contribution in [0.2, 0.25) is 0 Å². The maximum absolute atomic E-state index is 12.0. The lowest BCUT2D eigenvalue weighted by Gasteiger charge is -2.18. The van der Waals surface area contributed by atoms with E-state index in [0.717, 1.165) is 18.5 Å². The molecule has 0 amide bonds. The number of hydrogen-bond donors (Lipinski definition) is 1. The molecular weight excluding hydrogens is 226 g/mol. The van der Waals surface area contributed by atoms with Crippen LogP contribution >= 0.6 is 0 Å². The van der Waals surface area contributed by atoms with Crippen LogP contribution in [0.15, 0.2) is 30.3 Å². The summed E-state index contributed by atoms with van der Waals surface area (Å²) in [5.41, 5.74) is 1.02. The third-order valence-corrected chi connectivity index (χ3v) is 2.67. The standard InChI is InChI=1S/C15H23NO2/c1-4-16-14(10-12(2)3)15(17)18-11-13-8-6-5-7-9-13/h5-9,12,14,16H,4,10-11H2,1-3H3. The zero-order valence-electron chi connectivity index (χ0n) is 11.5. The van der Waals surface area contributed by atoms with Gasteiger partial charge >= 0.3 is 5.97 Å². The Balaban J connectivity index is 2.46. The molecule has 1 atom stereocenters. The van der Waals surface area contributed by atoms with Crippen LogP contribution in [-0.4, -0.2) is 18.6 Å². The molecule has 3 heteroatoms. The highest BCUT2D eigenvalue weighted by atomic mass is 16.5. The molecule has 0 aliphatic carbocycles. The maximum Gasteiger partial charge on any atom is 0.323 e. The van der Waals surface area contributed by atoms with Crippen molar-refractivity contribution >= 4 is 5.97 Å². The van der Waals surface area contributed by atoms with Gasteiger partial charge in [-0.1, -0.05) is 51.1 Å². The van der Waals surface area contributed by atoms with E-state index in [2.05, 4.69) is 19.2 Å². The Morgan fingerprint density at radius 1 is 1.28 bits per heavy atom. The summed E-state index contributed by atoms with van der Waals surface area (Å²) in [7, 11) is 0. The molecule has 0 heterocycles. The van der Waals surface area contributed by atoms with Crippen LogP contribution in [0.5, 0.6) is 0 Å². The van der Waals surface area contributed by atoms with Gasteiger partial charge in [-0.2, -0.15) is 0 Å². The van der Waals surface area contributed by atoms with Crippen molar-refractivity contribution < 1.29 is 9.53 Å². The molecule has 3 nitrogen and oxygen atoms in total. The molecule has 0 bridgehead atoms. The van der Waals surface area contributed by atoms with Crippen molar-refractivity contribution in [3.05, 3.63) is 35.9 Å². The minimum absolute atomic E-state index is 0.158. The van der Waals surface area contributed by atoms with Gasteiger partial charge in [-0.3, -0.25) is 4.79 Å². The molecule has 0 aromatic heterocycles. The van der Waals surface area contributed by atoms with Crippen molar-refractivity contribution in [3.63, 3.8) is 0 Å². The highest BCUT2D eigenvalue weighted by molar-refractivity contribution is 5.75. The number of rotatable bonds is 7. The van der Waals surface area contributed by atoms with Gasteiger partial charge in [0, 0.05) is 0 Å². The number of hydrogen-bond acceptors (Lipinski definition) is 3. The largest absolute Gasteiger partial charge is 0.460 e. The smallest absolute Gasteiger partial charge is 0.323 e. The quantitative estimate of drug-likeness (QED) is 0.755. The second-order valence-electron chi connectivity index (χ2n) is 4.83. The molecule has 0 saturated heterocycles. The normalized spacial score (nSPS) is 12.4. The van der Waals surface area contributed by atoms with Gasteiger partial charge in [-0.25, -0.2) is 0 Å². The lowest BCUT2D eigenvalue weighted by molar-refractivity contribution is -0.148. The van der Waals surface area contributed by atoms with E-state index in [1.54, 1.807) is 0 Å². The van der Waals surface area contributed by atoms with Crippen molar-refractivity contribution in [3.8, 4) is 0 Å². The van der Waals surface area contributed by atoms with Gasteiger partial charge in [0.15, 0.2) is 0 Å². The van der Waals surface area contributed by atoms with Crippen LogP contribution in [0.4, 0.5) is 0 Å². The fraction of sp³-hybridized carbons (Fsp3) is 0.533. The molecule has 1 aromatic rings. The lowest BCUT2D eigenvalue weighted by Crippen LogP contribution is -2.38. The molecular formula is C15H23NO2. The summed E-state index contributed by atoms with van der Waals surface area (Å²) < 4.78 is 5.34. The fourth-order valence-electron chi connectivity index (χ4n) is 1.81. The van der Waals surface area contributed by atoms with Crippen molar-refractivity contribution in [2.24, 2.45) is 5.92 Å². The number of carbonyl (C=O) groups excluding carboxylic acids is 1. The summed E-state index contributed by atoms with van der Waals surface area (Å²) in [5.74, 6) is 0.313. The Morgan fingerprint density at radius 2 is 1.94 bits per heavy atom. The highest BCUT2D eigenvalue weighted by Gasteiger charge is 2.19. The van der Waals surface area contributed by atoms with Crippen molar-refractivity contribution in [1.29, 1.82) is 0 Å². The third kappa shape index (κ3) is 5.32. The van der Waals surface area contributed by atoms with Crippen LogP contribution in [0.3, 0.4) is 0 Å². The average molecular weight is 249 g/mol. The first-order valence-corrected chi connectivity index (χ1v) is 6.57. The van der Waals surface area contributed by atoms with E-state index in [9.17, 15) is 4.79 Å². The van der Waals surface area contributed by atoms with Gasteiger partial charge in [-0.15, -0.1) is 0 Å². The summed E-state index contributed by atoms with van der Waals surface area (Å²) in [6.07, 6.45) is 0.807. The summed E-state index contributed by atoms with van der Waals surface area (Å²) in [6.45, 7) is 7.33. The van der Waals surface area contributed by atoms with Gasteiger partial charge in [-0.05, 0) is 24.4 Å². The molecule has 18 heavy (non-hydrogen) atoms. The first-order valence-electron chi connectivity index (χ1n) is 6.57. The predicted octanol–water partition coefficient (Wildman–Crippen LogP) is 2.75. The van der Waals surface area contributed by atoms with Crippen LogP contribution in [0.1, 0.15) is 32.8 Å². The SMILES string of the molecule is CCNC(CC(C)C)C(=O)OCc1ccccc1. The van der Waals surface area contributed by atoms with Crippen molar-refractivity contribution in [1.82, 2.24) is 5.32 Å². The molecule has 1 rings (SSSR count). The molecule has 1 N–H and O–H groups in total. The number of esters is 1. The summed E-state index contributed by atoms with van der Waals surface area (Å²) in [4.78, 5) is 12.0. The zero-order chi connectivity index (χ0) is 13.4. The topological polar surface area (TPSA) is 38.3 Å². The predicted molar refractivity (Wildman–Crippen MR) is 73.2 cm³/mol. The molecule has 1 unspecified atom stereocenters. The van der Waals surface area contributed by atoms with Gasteiger partial charge in [0.1, 0.15) is 12.6 Å². The van der Waals surface area contributed by atoms with E-state index in [1.807, 2.05) is 37.3 Å². The highest BCUT2D eigenvalue weighted by Crippen LogP contribution is 2.08. The van der Waals surface area contributed by atoms with Crippen molar-refractivity contribution in [2.75, 3.05) is 6.54 Å². The second-order valence-corrected chi connectivity index (χ2v) is 4.83. The van der Waals surface area contributed by atoms with Gasteiger partial charge < -0.3 is 10.1 Å². The summed E-state index contributed by atoms with van der Waals surface area (Å²) in [6, 6.07) is 9.55. The number of likely N-dealkylation sites (N-methyl/N-ethyl adjacent to an activating group) is 1. The number of carbonyl (C=O) groups is 1. The molecule has 0 spiro atoms. The van der Waals surface area contributed by atoms with Crippen LogP contribution < -0.4 is 5.32 Å². The van der Waals surface area contributed by atoms with Gasteiger partial charge in [0.05, 0.1) is 0 Å². The molecule has 1 aromatic carbocycles. The average Bonchev–Trinajstić information content (AvgIpc) is 2.36. The molecule has 0 fully saturated rings. The van der Waals surface area contributed by atoms with E-state index < -0.39 is 0 Å². The number of ether oxygens (including phenoxy) is 1. The first kappa shape index (κ1) is 14.7. The Morgan fingerprint density at radius 3 is 2.50 bits per heavy atom. The Bertz CT molecular complexity index is 349.